The van der Waals surface area contributed by atoms with E-state index in [9.17, 15) is 14.4 Å². The van der Waals surface area contributed by atoms with E-state index >= 15 is 0 Å². The maximum absolute atomic E-state index is 12.5. The smallest absolute Gasteiger partial charge is 0.330 e. The highest BCUT2D eigenvalue weighted by Gasteiger charge is 2.12. The molecule has 0 amide bonds. The van der Waals surface area contributed by atoms with E-state index in [1.807, 2.05) is 0 Å². The largest absolute Gasteiger partial charge is 0.339 e. The van der Waals surface area contributed by atoms with Crippen LogP contribution in [0.3, 0.4) is 0 Å². The number of halogens is 1. The van der Waals surface area contributed by atoms with Crippen molar-refractivity contribution in [2.45, 2.75) is 6.54 Å². The van der Waals surface area contributed by atoms with E-state index in [2.05, 4.69) is 15.0 Å². The minimum Gasteiger partial charge on any atom is -0.339 e. The Hall–Kier alpha value is -3.45. The number of carbonyl (C=O) groups excluding carboxylic acids is 1. The molecule has 0 saturated heterocycles. The summed E-state index contributed by atoms with van der Waals surface area (Å²) in [7, 11) is 0. The molecule has 0 aliphatic heterocycles. The van der Waals surface area contributed by atoms with Crippen molar-refractivity contribution in [3.8, 4) is 0 Å². The van der Waals surface area contributed by atoms with Gasteiger partial charge in [0.2, 0.25) is 0 Å². The van der Waals surface area contributed by atoms with Crippen LogP contribution in [-0.4, -0.2) is 25.3 Å². The third kappa shape index (κ3) is 3.20. The number of hydrogen-bond donors (Lipinski definition) is 2. The first kappa shape index (κ1) is 17.0. The summed E-state index contributed by atoms with van der Waals surface area (Å²) in [6.45, 7) is 0.0819. The van der Waals surface area contributed by atoms with Crippen LogP contribution in [0.5, 0.6) is 0 Å². The van der Waals surface area contributed by atoms with Crippen LogP contribution in [0.25, 0.3) is 11.2 Å². The number of aromatic nitrogens is 4. The maximum Gasteiger partial charge on any atom is 0.330 e. The van der Waals surface area contributed by atoms with Gasteiger partial charge in [0.15, 0.2) is 11.4 Å². The van der Waals surface area contributed by atoms with E-state index in [1.165, 1.54) is 6.33 Å². The van der Waals surface area contributed by atoms with Gasteiger partial charge in [0, 0.05) is 16.1 Å². The van der Waals surface area contributed by atoms with Gasteiger partial charge in [-0.05, 0) is 29.8 Å². The van der Waals surface area contributed by atoms with Gasteiger partial charge in [-0.2, -0.15) is 0 Å². The van der Waals surface area contributed by atoms with Crippen molar-refractivity contribution in [2.24, 2.45) is 0 Å². The molecule has 0 fully saturated rings. The Morgan fingerprint density at radius 2 is 1.63 bits per heavy atom. The molecule has 4 aromatic rings. The Labute approximate surface area is 157 Å². The number of fused-ring (bicyclic) bond motifs is 1. The van der Waals surface area contributed by atoms with Crippen LogP contribution in [0, 0.1) is 0 Å². The normalized spacial score (nSPS) is 11.0. The van der Waals surface area contributed by atoms with Gasteiger partial charge >= 0.3 is 5.69 Å². The number of imidazole rings is 1. The number of ketones is 1. The van der Waals surface area contributed by atoms with Crippen LogP contribution in [0.1, 0.15) is 21.5 Å². The van der Waals surface area contributed by atoms with Crippen molar-refractivity contribution < 1.29 is 4.79 Å². The topological polar surface area (TPSA) is 101 Å². The molecule has 0 unspecified atom stereocenters. The van der Waals surface area contributed by atoms with Crippen molar-refractivity contribution in [3.63, 3.8) is 0 Å². The Balaban J connectivity index is 1.62. The lowest BCUT2D eigenvalue weighted by molar-refractivity contribution is 0.103. The molecule has 0 aliphatic rings. The quantitative estimate of drug-likeness (QED) is 0.530. The summed E-state index contributed by atoms with van der Waals surface area (Å²) >= 11 is 5.84. The zero-order chi connectivity index (χ0) is 19.0. The van der Waals surface area contributed by atoms with Crippen LogP contribution < -0.4 is 11.2 Å². The zero-order valence-electron chi connectivity index (χ0n) is 13.9. The van der Waals surface area contributed by atoms with E-state index in [-0.39, 0.29) is 23.5 Å². The van der Waals surface area contributed by atoms with E-state index in [0.717, 1.165) is 4.57 Å². The molecule has 8 heteroatoms. The number of hydrogen-bond acceptors (Lipinski definition) is 4. The van der Waals surface area contributed by atoms with Crippen LogP contribution in [0.2, 0.25) is 5.02 Å². The Morgan fingerprint density at radius 3 is 2.30 bits per heavy atom. The van der Waals surface area contributed by atoms with E-state index in [0.29, 0.717) is 21.7 Å². The van der Waals surface area contributed by atoms with E-state index < -0.39 is 11.2 Å². The summed E-state index contributed by atoms with van der Waals surface area (Å²) in [6.07, 6.45) is 1.35. The van der Waals surface area contributed by atoms with Gasteiger partial charge in [-0.1, -0.05) is 35.9 Å². The fourth-order valence-corrected chi connectivity index (χ4v) is 2.93. The molecule has 2 N–H and O–H groups in total. The highest BCUT2D eigenvalue weighted by atomic mass is 35.5. The Kier molecular flexibility index (Phi) is 4.21. The highest BCUT2D eigenvalue weighted by Crippen LogP contribution is 2.15. The molecule has 0 saturated carbocycles. The fraction of sp³-hybridized carbons (Fsp3) is 0.0526. The second-order valence-corrected chi connectivity index (χ2v) is 6.42. The lowest BCUT2D eigenvalue weighted by Gasteiger charge is -2.06. The van der Waals surface area contributed by atoms with Crippen LogP contribution >= 0.6 is 11.6 Å². The number of nitrogens with zero attached hydrogens (tertiary/aromatic N) is 2. The van der Waals surface area contributed by atoms with Crippen LogP contribution in [-0.2, 0) is 6.54 Å². The van der Waals surface area contributed by atoms with Crippen molar-refractivity contribution in [1.29, 1.82) is 0 Å². The maximum atomic E-state index is 12.5. The summed E-state index contributed by atoms with van der Waals surface area (Å²) in [5.41, 5.74) is 1.23. The number of rotatable bonds is 4. The summed E-state index contributed by atoms with van der Waals surface area (Å²) in [6, 6.07) is 13.4. The number of H-pyrrole nitrogens is 2. The molecular formula is C19H13ClN4O3. The van der Waals surface area contributed by atoms with Crippen LogP contribution in [0.4, 0.5) is 0 Å². The van der Waals surface area contributed by atoms with E-state index in [1.54, 1.807) is 48.5 Å². The van der Waals surface area contributed by atoms with Gasteiger partial charge in [-0.15, -0.1) is 0 Å². The first-order valence-electron chi connectivity index (χ1n) is 8.08. The summed E-state index contributed by atoms with van der Waals surface area (Å²) < 4.78 is 1.08. The first-order valence-corrected chi connectivity index (χ1v) is 8.46. The molecule has 7 nitrogen and oxygen atoms in total. The third-order valence-electron chi connectivity index (χ3n) is 4.23. The molecule has 2 heterocycles. The van der Waals surface area contributed by atoms with E-state index in [4.69, 9.17) is 11.6 Å². The average Bonchev–Trinajstić information content (AvgIpc) is 3.14. The average molecular weight is 381 g/mol. The molecule has 0 spiro atoms. The molecule has 2 aromatic carbocycles. The zero-order valence-corrected chi connectivity index (χ0v) is 14.7. The molecule has 0 bridgehead atoms. The standard InChI is InChI=1S/C19H13ClN4O3/c20-14-7-5-13(6-8-14)16(25)12-3-1-11(2-4-12)9-24-18(26)15-17(22-10-21-15)23-19(24)27/h1-8,10H,9H2,(H,21,22)(H,23,27). The predicted molar refractivity (Wildman–Crippen MR) is 101 cm³/mol. The lowest BCUT2D eigenvalue weighted by Crippen LogP contribution is -2.35. The van der Waals surface area contributed by atoms with Gasteiger partial charge in [0.1, 0.15) is 5.52 Å². The summed E-state index contributed by atoms with van der Waals surface area (Å²) in [5, 5.41) is 0.562. The number of carbonyl (C=O) groups is 1. The van der Waals surface area contributed by atoms with Gasteiger partial charge in [0.05, 0.1) is 12.9 Å². The van der Waals surface area contributed by atoms with Crippen molar-refractivity contribution in [1.82, 2.24) is 19.5 Å². The number of benzene rings is 2. The summed E-state index contributed by atoms with van der Waals surface area (Å²) in [4.78, 5) is 46.2. The van der Waals surface area contributed by atoms with Gasteiger partial charge in [-0.3, -0.25) is 19.1 Å². The number of aromatic amines is 2. The second-order valence-electron chi connectivity index (χ2n) is 5.98. The van der Waals surface area contributed by atoms with Gasteiger partial charge < -0.3 is 4.98 Å². The minimum atomic E-state index is -0.541. The molecule has 0 atom stereocenters. The van der Waals surface area contributed by atoms with Crippen molar-refractivity contribution in [2.75, 3.05) is 0 Å². The van der Waals surface area contributed by atoms with Gasteiger partial charge in [-0.25, -0.2) is 9.78 Å². The monoisotopic (exact) mass is 380 g/mol. The van der Waals surface area contributed by atoms with Crippen molar-refractivity contribution >= 4 is 28.5 Å². The Morgan fingerprint density at radius 1 is 1.00 bits per heavy atom. The molecule has 2 aromatic heterocycles. The molecule has 134 valence electrons. The molecular weight excluding hydrogens is 368 g/mol. The minimum absolute atomic E-state index is 0.0819. The first-order chi connectivity index (χ1) is 13.0. The Bertz CT molecular complexity index is 1250. The van der Waals surface area contributed by atoms with Gasteiger partial charge in [0.25, 0.3) is 5.56 Å². The lowest BCUT2D eigenvalue weighted by atomic mass is 10.0. The molecule has 0 aliphatic carbocycles. The molecule has 4 rings (SSSR count). The summed E-state index contributed by atoms with van der Waals surface area (Å²) in [5.74, 6) is -0.132. The molecule has 27 heavy (non-hydrogen) atoms. The molecule has 0 radical (unpaired) electrons. The van der Waals surface area contributed by atoms with Crippen molar-refractivity contribution in [3.05, 3.63) is 97.4 Å². The second kappa shape index (κ2) is 6.69. The highest BCUT2D eigenvalue weighted by molar-refractivity contribution is 6.30. The predicted octanol–water partition coefficient (Wildman–Crippen LogP) is 2.35. The fourth-order valence-electron chi connectivity index (χ4n) is 2.80. The van der Waals surface area contributed by atoms with Crippen LogP contribution in [0.15, 0.2) is 64.4 Å². The number of nitrogens with one attached hydrogen (secondary N) is 2. The SMILES string of the molecule is O=C(c1ccc(Cl)cc1)c1ccc(Cn2c(=O)[nH]c3nc[nH]c3c2=O)cc1. The third-order valence-corrected chi connectivity index (χ3v) is 4.48.